The summed E-state index contributed by atoms with van der Waals surface area (Å²) in [7, 11) is 0. The number of likely N-dealkylation sites (tertiary alicyclic amines) is 1. The normalized spacial score (nSPS) is 15.4. The highest BCUT2D eigenvalue weighted by atomic mass is 16.6. The zero-order valence-electron chi connectivity index (χ0n) is 11.3. The average Bonchev–Trinajstić information content (AvgIpc) is 3.09. The first-order chi connectivity index (χ1) is 9.66. The van der Waals surface area contributed by atoms with Gasteiger partial charge in [-0.1, -0.05) is 0 Å². The van der Waals surface area contributed by atoms with E-state index in [0.717, 1.165) is 19.4 Å². The van der Waals surface area contributed by atoms with Crippen molar-refractivity contribution in [1.82, 2.24) is 10.2 Å². The summed E-state index contributed by atoms with van der Waals surface area (Å²) in [5, 5.41) is 13.1. The van der Waals surface area contributed by atoms with E-state index in [1.807, 2.05) is 0 Å². The summed E-state index contributed by atoms with van der Waals surface area (Å²) in [4.78, 5) is 23.9. The van der Waals surface area contributed by atoms with Crippen LogP contribution in [-0.4, -0.2) is 41.9 Å². The maximum absolute atomic E-state index is 11.7. The second kappa shape index (κ2) is 7.04. The molecule has 1 aliphatic heterocycles. The molecule has 0 radical (unpaired) electrons. The van der Waals surface area contributed by atoms with Crippen LogP contribution in [0.1, 0.15) is 36.2 Å². The van der Waals surface area contributed by atoms with E-state index in [1.165, 1.54) is 38.1 Å². The average molecular weight is 281 g/mol. The SMILES string of the molecule is O=C(NCCCCN1CCCC1)c1ccc([N+](=O)[O-])o1. The summed E-state index contributed by atoms with van der Waals surface area (Å²) in [6.45, 7) is 3.99. The fourth-order valence-electron chi connectivity index (χ4n) is 2.30. The van der Waals surface area contributed by atoms with Gasteiger partial charge in [0.25, 0.3) is 5.91 Å². The zero-order valence-corrected chi connectivity index (χ0v) is 11.3. The van der Waals surface area contributed by atoms with Gasteiger partial charge in [0, 0.05) is 6.54 Å². The van der Waals surface area contributed by atoms with Gasteiger partial charge >= 0.3 is 5.88 Å². The highest BCUT2D eigenvalue weighted by molar-refractivity contribution is 5.91. The summed E-state index contributed by atoms with van der Waals surface area (Å²) in [6.07, 6.45) is 4.51. The van der Waals surface area contributed by atoms with Gasteiger partial charge in [-0.25, -0.2) is 0 Å². The van der Waals surface area contributed by atoms with Crippen LogP contribution < -0.4 is 5.32 Å². The number of rotatable bonds is 7. The van der Waals surface area contributed by atoms with Gasteiger partial charge in [-0.2, -0.15) is 0 Å². The Morgan fingerprint density at radius 2 is 2.10 bits per heavy atom. The summed E-state index contributed by atoms with van der Waals surface area (Å²) in [5.74, 6) is -0.834. The molecule has 1 saturated heterocycles. The highest BCUT2D eigenvalue weighted by Gasteiger charge is 2.16. The quantitative estimate of drug-likeness (QED) is 0.467. The van der Waals surface area contributed by atoms with Crippen molar-refractivity contribution in [3.05, 3.63) is 28.0 Å². The Labute approximate surface area is 117 Å². The van der Waals surface area contributed by atoms with E-state index in [2.05, 4.69) is 10.2 Å². The molecule has 20 heavy (non-hydrogen) atoms. The van der Waals surface area contributed by atoms with Gasteiger partial charge < -0.3 is 14.6 Å². The molecule has 7 heteroatoms. The molecule has 1 aliphatic rings. The van der Waals surface area contributed by atoms with Gasteiger partial charge in [0.05, 0.1) is 6.07 Å². The van der Waals surface area contributed by atoms with Crippen molar-refractivity contribution in [2.24, 2.45) is 0 Å². The van der Waals surface area contributed by atoms with Crippen molar-refractivity contribution in [3.8, 4) is 0 Å². The van der Waals surface area contributed by atoms with E-state index in [0.29, 0.717) is 6.54 Å². The fourth-order valence-corrected chi connectivity index (χ4v) is 2.30. The van der Waals surface area contributed by atoms with E-state index < -0.39 is 16.7 Å². The predicted octanol–water partition coefficient (Wildman–Crippen LogP) is 1.79. The lowest BCUT2D eigenvalue weighted by molar-refractivity contribution is -0.402. The predicted molar refractivity (Wildman–Crippen MR) is 72.6 cm³/mol. The Morgan fingerprint density at radius 1 is 1.35 bits per heavy atom. The van der Waals surface area contributed by atoms with Crippen LogP contribution in [0.2, 0.25) is 0 Å². The molecule has 1 aromatic rings. The molecule has 110 valence electrons. The first kappa shape index (κ1) is 14.5. The molecule has 0 bridgehead atoms. The Bertz CT molecular complexity index is 466. The summed E-state index contributed by atoms with van der Waals surface area (Å²) in [6, 6.07) is 2.50. The zero-order chi connectivity index (χ0) is 14.4. The van der Waals surface area contributed by atoms with Crippen molar-refractivity contribution in [3.63, 3.8) is 0 Å². The van der Waals surface area contributed by atoms with Crippen LogP contribution in [0.5, 0.6) is 0 Å². The monoisotopic (exact) mass is 281 g/mol. The summed E-state index contributed by atoms with van der Waals surface area (Å²) >= 11 is 0. The number of hydrogen-bond donors (Lipinski definition) is 1. The lowest BCUT2D eigenvalue weighted by Gasteiger charge is -2.13. The molecule has 2 rings (SSSR count). The molecule has 1 aromatic heterocycles. The van der Waals surface area contributed by atoms with Crippen LogP contribution in [-0.2, 0) is 0 Å². The number of unbranched alkanes of at least 4 members (excludes halogenated alkanes) is 1. The number of hydrogen-bond acceptors (Lipinski definition) is 5. The number of nitrogens with zero attached hydrogens (tertiary/aromatic N) is 2. The number of carbonyl (C=O) groups excluding carboxylic acids is 1. The molecule has 2 heterocycles. The fraction of sp³-hybridized carbons (Fsp3) is 0.615. The third kappa shape index (κ3) is 4.06. The topological polar surface area (TPSA) is 88.6 Å². The number of nitrogens with one attached hydrogen (secondary N) is 1. The standard InChI is InChI=1S/C13H19N3O4/c17-13(11-5-6-12(20-11)16(18)19)14-7-1-2-8-15-9-3-4-10-15/h5-6H,1-4,7-10H2,(H,14,17). The lowest BCUT2D eigenvalue weighted by atomic mass is 10.3. The number of furan rings is 1. The van der Waals surface area contributed by atoms with E-state index in [4.69, 9.17) is 4.42 Å². The Kier molecular flexibility index (Phi) is 5.11. The molecule has 0 saturated carbocycles. The van der Waals surface area contributed by atoms with Crippen LogP contribution in [0, 0.1) is 10.1 Å². The van der Waals surface area contributed by atoms with Crippen LogP contribution >= 0.6 is 0 Å². The molecule has 0 unspecified atom stereocenters. The first-order valence-electron chi connectivity index (χ1n) is 6.91. The highest BCUT2D eigenvalue weighted by Crippen LogP contribution is 2.15. The van der Waals surface area contributed by atoms with E-state index in [9.17, 15) is 14.9 Å². The van der Waals surface area contributed by atoms with Gasteiger partial charge in [0.2, 0.25) is 0 Å². The lowest BCUT2D eigenvalue weighted by Crippen LogP contribution is -2.25. The minimum absolute atomic E-state index is 0.0174. The van der Waals surface area contributed by atoms with Gasteiger partial charge in [-0.05, 0) is 51.4 Å². The number of amides is 1. The van der Waals surface area contributed by atoms with Gasteiger partial charge in [-0.15, -0.1) is 0 Å². The minimum atomic E-state index is -0.660. The minimum Gasteiger partial charge on any atom is -0.395 e. The second-order valence-electron chi connectivity index (χ2n) is 4.91. The summed E-state index contributed by atoms with van der Waals surface area (Å²) in [5.41, 5.74) is 0. The molecule has 0 aromatic carbocycles. The van der Waals surface area contributed by atoms with Crippen LogP contribution in [0.4, 0.5) is 5.88 Å². The first-order valence-corrected chi connectivity index (χ1v) is 6.91. The largest absolute Gasteiger partial charge is 0.433 e. The molecule has 0 atom stereocenters. The molecule has 0 spiro atoms. The maximum Gasteiger partial charge on any atom is 0.433 e. The Morgan fingerprint density at radius 3 is 2.75 bits per heavy atom. The van der Waals surface area contributed by atoms with Crippen molar-refractivity contribution in [2.75, 3.05) is 26.2 Å². The van der Waals surface area contributed by atoms with Crippen molar-refractivity contribution in [1.29, 1.82) is 0 Å². The number of nitro groups is 1. The third-order valence-electron chi connectivity index (χ3n) is 3.38. The molecule has 1 N–H and O–H groups in total. The summed E-state index contributed by atoms with van der Waals surface area (Å²) < 4.78 is 4.83. The van der Waals surface area contributed by atoms with E-state index in [-0.39, 0.29) is 5.76 Å². The maximum atomic E-state index is 11.7. The molecule has 7 nitrogen and oxygen atoms in total. The van der Waals surface area contributed by atoms with E-state index in [1.54, 1.807) is 0 Å². The number of carbonyl (C=O) groups is 1. The van der Waals surface area contributed by atoms with Crippen LogP contribution in [0.25, 0.3) is 0 Å². The van der Waals surface area contributed by atoms with Crippen LogP contribution in [0.3, 0.4) is 0 Å². The smallest absolute Gasteiger partial charge is 0.395 e. The Balaban J connectivity index is 1.62. The van der Waals surface area contributed by atoms with Crippen molar-refractivity contribution < 1.29 is 14.1 Å². The molecule has 0 aliphatic carbocycles. The molecular formula is C13H19N3O4. The van der Waals surface area contributed by atoms with Gasteiger partial charge in [0.15, 0.2) is 5.76 Å². The molecule has 1 fully saturated rings. The van der Waals surface area contributed by atoms with Gasteiger partial charge in [-0.3, -0.25) is 14.9 Å². The second-order valence-corrected chi connectivity index (χ2v) is 4.91. The van der Waals surface area contributed by atoms with Crippen molar-refractivity contribution in [2.45, 2.75) is 25.7 Å². The van der Waals surface area contributed by atoms with Gasteiger partial charge in [0.1, 0.15) is 4.92 Å². The van der Waals surface area contributed by atoms with E-state index >= 15 is 0 Å². The Hall–Kier alpha value is -1.89. The molecule has 1 amide bonds. The third-order valence-corrected chi connectivity index (χ3v) is 3.38. The van der Waals surface area contributed by atoms with Crippen molar-refractivity contribution >= 4 is 11.8 Å². The van der Waals surface area contributed by atoms with Crippen LogP contribution in [0.15, 0.2) is 16.5 Å². The molecular weight excluding hydrogens is 262 g/mol.